The van der Waals surface area contributed by atoms with Crippen LogP contribution in [0.4, 0.5) is 15.6 Å². The molecule has 0 atom stereocenters. The van der Waals surface area contributed by atoms with Crippen molar-refractivity contribution in [2.75, 3.05) is 16.5 Å². The topological polar surface area (TPSA) is 87.1 Å². The Labute approximate surface area is 202 Å². The molecule has 0 spiro atoms. The number of hydrogen-bond acceptors (Lipinski definition) is 6. The standard InChI is InChI=1S/C22H15Cl2N5O3S/c1-12-11-26-29(21(31)27-12)14-9-17(23)19(18(24)10-14)32-15-2-3-16-13(8-15)4-6-28(20(16)30)22-25-5-7-33-22/h2-3,5,7-11H,1,4,6H2,(H,27,31). The van der Waals surface area contributed by atoms with E-state index in [2.05, 4.69) is 22.0 Å². The highest BCUT2D eigenvalue weighted by molar-refractivity contribution is 7.13. The lowest BCUT2D eigenvalue weighted by atomic mass is 9.99. The van der Waals surface area contributed by atoms with E-state index in [-0.39, 0.29) is 21.7 Å². The van der Waals surface area contributed by atoms with Gasteiger partial charge in [0, 0.05) is 23.7 Å². The van der Waals surface area contributed by atoms with Crippen molar-refractivity contribution in [3.05, 3.63) is 75.4 Å². The van der Waals surface area contributed by atoms with Crippen molar-refractivity contribution in [1.82, 2.24) is 10.3 Å². The number of rotatable bonds is 4. The third kappa shape index (κ3) is 4.06. The van der Waals surface area contributed by atoms with Gasteiger partial charge < -0.3 is 10.1 Å². The normalized spacial score (nSPS) is 15.5. The zero-order valence-corrected chi connectivity index (χ0v) is 19.2. The fourth-order valence-corrected chi connectivity index (χ4v) is 4.75. The molecule has 0 aliphatic carbocycles. The van der Waals surface area contributed by atoms with Gasteiger partial charge in [-0.25, -0.2) is 9.78 Å². The molecule has 1 aromatic heterocycles. The average molecular weight is 500 g/mol. The van der Waals surface area contributed by atoms with E-state index in [1.165, 1.54) is 29.7 Å². The molecule has 2 aliphatic rings. The molecule has 0 saturated heterocycles. The number of carbonyl (C=O) groups is 2. The minimum atomic E-state index is -0.477. The number of allylic oxidation sites excluding steroid dienone is 1. The molecule has 0 fully saturated rings. The van der Waals surface area contributed by atoms with Gasteiger partial charge in [0.25, 0.3) is 5.91 Å². The largest absolute Gasteiger partial charge is 0.454 e. The first-order valence-electron chi connectivity index (χ1n) is 9.76. The Morgan fingerprint density at radius 2 is 1.94 bits per heavy atom. The second-order valence-corrected chi connectivity index (χ2v) is 8.88. The van der Waals surface area contributed by atoms with Gasteiger partial charge in [-0.2, -0.15) is 10.1 Å². The number of ether oxygens (including phenoxy) is 1. The third-order valence-corrected chi connectivity index (χ3v) is 6.40. The van der Waals surface area contributed by atoms with Crippen LogP contribution in [0.15, 0.2) is 59.3 Å². The smallest absolute Gasteiger partial charge is 0.347 e. The highest BCUT2D eigenvalue weighted by Gasteiger charge is 2.28. The predicted molar refractivity (Wildman–Crippen MR) is 129 cm³/mol. The second kappa shape index (κ2) is 8.51. The molecule has 33 heavy (non-hydrogen) atoms. The molecule has 0 bridgehead atoms. The molecule has 8 nitrogen and oxygen atoms in total. The van der Waals surface area contributed by atoms with Crippen LogP contribution >= 0.6 is 34.5 Å². The minimum Gasteiger partial charge on any atom is -0.454 e. The molecule has 11 heteroatoms. The highest BCUT2D eigenvalue weighted by atomic mass is 35.5. The van der Waals surface area contributed by atoms with Crippen molar-refractivity contribution in [3.63, 3.8) is 0 Å². The van der Waals surface area contributed by atoms with Gasteiger partial charge in [0.05, 0.1) is 27.6 Å². The van der Waals surface area contributed by atoms with Crippen LogP contribution in [-0.4, -0.2) is 29.7 Å². The van der Waals surface area contributed by atoms with Gasteiger partial charge >= 0.3 is 6.03 Å². The summed E-state index contributed by atoms with van der Waals surface area (Å²) in [5, 5.41) is 10.6. The maximum atomic E-state index is 12.9. The Balaban J connectivity index is 1.39. The molecule has 0 unspecified atom stereocenters. The summed E-state index contributed by atoms with van der Waals surface area (Å²) in [6, 6.07) is 7.80. The summed E-state index contributed by atoms with van der Waals surface area (Å²) in [6.07, 6.45) is 3.75. The Kier molecular flexibility index (Phi) is 5.53. The van der Waals surface area contributed by atoms with Crippen LogP contribution in [-0.2, 0) is 6.42 Å². The summed E-state index contributed by atoms with van der Waals surface area (Å²) in [5.41, 5.74) is 2.23. The number of hydrazone groups is 1. The molecule has 166 valence electrons. The van der Waals surface area contributed by atoms with Crippen molar-refractivity contribution in [3.8, 4) is 11.5 Å². The molecule has 3 heterocycles. The molecule has 2 aromatic carbocycles. The molecule has 3 amide bonds. The molecule has 3 aromatic rings. The van der Waals surface area contributed by atoms with Gasteiger partial charge in [-0.15, -0.1) is 11.3 Å². The van der Waals surface area contributed by atoms with Crippen molar-refractivity contribution in [2.45, 2.75) is 6.42 Å². The number of thiazole rings is 1. The number of halogens is 2. The number of nitrogens with zero attached hydrogens (tertiary/aromatic N) is 4. The number of aromatic nitrogens is 1. The average Bonchev–Trinajstić information content (AvgIpc) is 3.31. The lowest BCUT2D eigenvalue weighted by molar-refractivity contribution is 0.0980. The van der Waals surface area contributed by atoms with Crippen LogP contribution in [0.1, 0.15) is 15.9 Å². The number of urea groups is 1. The highest BCUT2D eigenvalue weighted by Crippen LogP contribution is 2.41. The van der Waals surface area contributed by atoms with Crippen molar-refractivity contribution < 1.29 is 14.3 Å². The molecule has 0 saturated carbocycles. The fraction of sp³-hybridized carbons (Fsp3) is 0.0909. The van der Waals surface area contributed by atoms with Crippen LogP contribution in [0.2, 0.25) is 10.0 Å². The van der Waals surface area contributed by atoms with Gasteiger partial charge in [0.15, 0.2) is 10.9 Å². The summed E-state index contributed by atoms with van der Waals surface area (Å²) in [4.78, 5) is 30.9. The minimum absolute atomic E-state index is 0.0961. The number of anilines is 2. The summed E-state index contributed by atoms with van der Waals surface area (Å²) in [6.45, 7) is 4.17. The number of hydrogen-bond donors (Lipinski definition) is 1. The lowest BCUT2D eigenvalue weighted by Crippen LogP contribution is -2.40. The Hall–Kier alpha value is -3.40. The Bertz CT molecular complexity index is 1300. The van der Waals surface area contributed by atoms with Crippen molar-refractivity contribution >= 4 is 63.5 Å². The fourth-order valence-electron chi connectivity index (χ4n) is 3.53. The molecule has 0 radical (unpaired) electrons. The van der Waals surface area contributed by atoms with E-state index in [0.717, 1.165) is 10.6 Å². The van der Waals surface area contributed by atoms with Crippen LogP contribution in [0, 0.1) is 0 Å². The first-order valence-corrected chi connectivity index (χ1v) is 11.4. The van der Waals surface area contributed by atoms with E-state index in [0.29, 0.717) is 40.8 Å². The molecular weight excluding hydrogens is 485 g/mol. The summed E-state index contributed by atoms with van der Waals surface area (Å²) >= 11 is 14.3. The first kappa shape index (κ1) is 21.4. The van der Waals surface area contributed by atoms with E-state index in [4.69, 9.17) is 27.9 Å². The van der Waals surface area contributed by atoms with Gasteiger partial charge in [-0.3, -0.25) is 9.69 Å². The summed E-state index contributed by atoms with van der Waals surface area (Å²) in [5.74, 6) is 0.631. The van der Waals surface area contributed by atoms with Crippen LogP contribution < -0.4 is 20.0 Å². The van der Waals surface area contributed by atoms with E-state index in [9.17, 15) is 9.59 Å². The van der Waals surface area contributed by atoms with Crippen LogP contribution in [0.3, 0.4) is 0 Å². The van der Waals surface area contributed by atoms with Gasteiger partial charge in [-0.05, 0) is 42.3 Å². The number of carbonyl (C=O) groups excluding carboxylic acids is 2. The van der Waals surface area contributed by atoms with E-state index < -0.39 is 6.03 Å². The SMILES string of the molecule is C=C1C=NN(c2cc(Cl)c(Oc3ccc4c(c3)CCN(c3nccs3)C4=O)c(Cl)c2)C(=O)N1. The van der Waals surface area contributed by atoms with Crippen molar-refractivity contribution in [2.24, 2.45) is 5.10 Å². The third-order valence-electron chi connectivity index (χ3n) is 5.04. The number of amides is 3. The number of nitrogens with one attached hydrogen (secondary N) is 1. The van der Waals surface area contributed by atoms with Gasteiger partial charge in [-0.1, -0.05) is 29.8 Å². The predicted octanol–water partition coefficient (Wildman–Crippen LogP) is 5.47. The maximum Gasteiger partial charge on any atom is 0.347 e. The van der Waals surface area contributed by atoms with E-state index >= 15 is 0 Å². The Morgan fingerprint density at radius 1 is 1.15 bits per heavy atom. The summed E-state index contributed by atoms with van der Waals surface area (Å²) < 4.78 is 5.96. The van der Waals surface area contributed by atoms with Crippen molar-refractivity contribution in [1.29, 1.82) is 0 Å². The molecule has 1 N–H and O–H groups in total. The Morgan fingerprint density at radius 3 is 2.64 bits per heavy atom. The number of benzene rings is 2. The first-order chi connectivity index (χ1) is 15.9. The monoisotopic (exact) mass is 499 g/mol. The summed E-state index contributed by atoms with van der Waals surface area (Å²) in [7, 11) is 0. The van der Waals surface area contributed by atoms with Gasteiger partial charge in [0.1, 0.15) is 5.75 Å². The van der Waals surface area contributed by atoms with E-state index in [1.54, 1.807) is 29.3 Å². The quantitative estimate of drug-likeness (QED) is 0.515. The van der Waals surface area contributed by atoms with Crippen LogP contribution in [0.25, 0.3) is 0 Å². The molecule has 5 rings (SSSR count). The zero-order chi connectivity index (χ0) is 23.1. The molecular formula is C22H15Cl2N5O3S. The van der Waals surface area contributed by atoms with E-state index in [1.807, 2.05) is 5.38 Å². The maximum absolute atomic E-state index is 12.9. The number of fused-ring (bicyclic) bond motifs is 1. The van der Waals surface area contributed by atoms with Gasteiger partial charge in [0.2, 0.25) is 0 Å². The lowest BCUT2D eigenvalue weighted by Gasteiger charge is -2.26. The second-order valence-electron chi connectivity index (χ2n) is 7.19. The molecule has 2 aliphatic heterocycles. The zero-order valence-electron chi connectivity index (χ0n) is 16.9. The van der Waals surface area contributed by atoms with Crippen LogP contribution in [0.5, 0.6) is 11.5 Å².